The van der Waals surface area contributed by atoms with Gasteiger partial charge >= 0.3 is 0 Å². The van der Waals surface area contributed by atoms with E-state index < -0.39 is 0 Å². The first-order valence-electron chi connectivity index (χ1n) is 9.34. The maximum atomic E-state index is 13.0. The molecule has 2 aromatic carbocycles. The second-order valence-electron chi connectivity index (χ2n) is 6.48. The predicted octanol–water partition coefficient (Wildman–Crippen LogP) is 5.75. The summed E-state index contributed by atoms with van der Waals surface area (Å²) in [6.07, 6.45) is 3.10. The Labute approximate surface area is 198 Å². The molecule has 0 aliphatic rings. The van der Waals surface area contributed by atoms with Gasteiger partial charge in [-0.25, -0.2) is 0 Å². The number of carbonyl (C=O) groups excluding carboxylic acids is 1. The summed E-state index contributed by atoms with van der Waals surface area (Å²) in [6, 6.07) is 14.2. The van der Waals surface area contributed by atoms with Gasteiger partial charge in [-0.15, -0.1) is 5.10 Å². The Hall–Kier alpha value is -3.20. The summed E-state index contributed by atoms with van der Waals surface area (Å²) in [5.74, 6) is 0.151. The van der Waals surface area contributed by atoms with E-state index in [4.69, 9.17) is 32.7 Å². The number of amides is 1. The van der Waals surface area contributed by atoms with Crippen LogP contribution in [-0.4, -0.2) is 28.2 Å². The molecule has 1 amide bonds. The van der Waals surface area contributed by atoms with Crippen molar-refractivity contribution in [3.63, 3.8) is 0 Å². The number of ether oxygens (including phenoxy) is 2. The molecule has 32 heavy (non-hydrogen) atoms. The molecular weight excluding hydrogens is 471 g/mol. The molecule has 162 valence electrons. The molecule has 1 N–H and O–H groups in total. The van der Waals surface area contributed by atoms with Crippen LogP contribution in [0.5, 0.6) is 10.9 Å². The highest BCUT2D eigenvalue weighted by Gasteiger charge is 2.20. The highest BCUT2D eigenvalue weighted by molar-refractivity contribution is 7.17. The molecule has 0 fully saturated rings. The summed E-state index contributed by atoms with van der Waals surface area (Å²) in [5, 5.41) is 12.4. The number of pyridine rings is 1. The standard InChI is InChI=1S/C22H16Cl2N4O3S/c1-30-18-4-2-3-17(24)19(18)16-11-25-10-9-15(16)20(29)26-21-27-28-22(32-21)31-12-13-5-7-14(23)8-6-13/h2-11H,12H2,1H3,(H,26,27,29). The van der Waals surface area contributed by atoms with Gasteiger partial charge in [-0.05, 0) is 47.2 Å². The molecule has 0 unspecified atom stereocenters. The number of hydrogen-bond acceptors (Lipinski definition) is 7. The highest BCUT2D eigenvalue weighted by Crippen LogP contribution is 2.38. The van der Waals surface area contributed by atoms with Crippen LogP contribution in [0.2, 0.25) is 10.0 Å². The summed E-state index contributed by atoms with van der Waals surface area (Å²) in [5.41, 5.74) is 2.42. The third-order valence-electron chi connectivity index (χ3n) is 4.43. The Bertz CT molecular complexity index is 1250. The van der Waals surface area contributed by atoms with Gasteiger partial charge in [0.15, 0.2) is 0 Å². The van der Waals surface area contributed by atoms with Crippen LogP contribution in [0.1, 0.15) is 15.9 Å². The number of methoxy groups -OCH3 is 1. The third-order valence-corrected chi connectivity index (χ3v) is 5.75. The number of benzene rings is 2. The van der Waals surface area contributed by atoms with Crippen molar-refractivity contribution in [3.8, 4) is 22.1 Å². The van der Waals surface area contributed by atoms with Gasteiger partial charge in [0, 0.05) is 28.5 Å². The Balaban J connectivity index is 1.51. The van der Waals surface area contributed by atoms with E-state index in [1.54, 1.807) is 42.6 Å². The van der Waals surface area contributed by atoms with Crippen molar-refractivity contribution < 1.29 is 14.3 Å². The van der Waals surface area contributed by atoms with Crippen molar-refractivity contribution in [1.29, 1.82) is 0 Å². The fourth-order valence-electron chi connectivity index (χ4n) is 2.94. The van der Waals surface area contributed by atoms with Crippen LogP contribution >= 0.6 is 34.5 Å². The van der Waals surface area contributed by atoms with Gasteiger partial charge in [0.05, 0.1) is 17.7 Å². The van der Waals surface area contributed by atoms with Crippen molar-refractivity contribution in [2.75, 3.05) is 12.4 Å². The number of hydrogen-bond donors (Lipinski definition) is 1. The minimum Gasteiger partial charge on any atom is -0.496 e. The van der Waals surface area contributed by atoms with Gasteiger partial charge in [0.1, 0.15) is 12.4 Å². The zero-order chi connectivity index (χ0) is 22.5. The average molecular weight is 487 g/mol. The van der Waals surface area contributed by atoms with Gasteiger partial charge in [0.2, 0.25) is 5.13 Å². The largest absolute Gasteiger partial charge is 0.496 e. The topological polar surface area (TPSA) is 86.2 Å². The summed E-state index contributed by atoms with van der Waals surface area (Å²) >= 11 is 13.4. The molecule has 0 aliphatic heterocycles. The van der Waals surface area contributed by atoms with Crippen LogP contribution in [-0.2, 0) is 6.61 Å². The zero-order valence-electron chi connectivity index (χ0n) is 16.7. The van der Waals surface area contributed by atoms with Crippen LogP contribution in [0.3, 0.4) is 0 Å². The first-order valence-corrected chi connectivity index (χ1v) is 10.9. The summed E-state index contributed by atoms with van der Waals surface area (Å²) in [7, 11) is 1.54. The Morgan fingerprint density at radius 2 is 1.91 bits per heavy atom. The molecule has 0 saturated carbocycles. The molecule has 0 bridgehead atoms. The minimum absolute atomic E-state index is 0.301. The molecule has 0 atom stereocenters. The first kappa shape index (κ1) is 22.0. The van der Waals surface area contributed by atoms with Crippen molar-refractivity contribution in [3.05, 3.63) is 82.1 Å². The molecule has 10 heteroatoms. The van der Waals surface area contributed by atoms with Crippen molar-refractivity contribution in [2.45, 2.75) is 6.61 Å². The number of anilines is 1. The predicted molar refractivity (Wildman–Crippen MR) is 125 cm³/mol. The van der Waals surface area contributed by atoms with Crippen LogP contribution in [0, 0.1) is 0 Å². The van der Waals surface area contributed by atoms with E-state index in [1.807, 2.05) is 12.1 Å². The Morgan fingerprint density at radius 3 is 2.69 bits per heavy atom. The first-order chi connectivity index (χ1) is 15.5. The molecule has 4 aromatic rings. The summed E-state index contributed by atoms with van der Waals surface area (Å²) in [6.45, 7) is 0.306. The van der Waals surface area contributed by atoms with Crippen molar-refractivity contribution >= 4 is 45.6 Å². The average Bonchev–Trinajstić information content (AvgIpc) is 3.25. The molecule has 0 spiro atoms. The lowest BCUT2D eigenvalue weighted by molar-refractivity contribution is 0.102. The smallest absolute Gasteiger partial charge is 0.296 e. The number of nitrogens with zero attached hydrogens (tertiary/aromatic N) is 3. The van der Waals surface area contributed by atoms with E-state index in [2.05, 4.69) is 20.5 Å². The van der Waals surface area contributed by atoms with E-state index in [0.29, 0.717) is 49.4 Å². The third kappa shape index (κ3) is 4.99. The molecule has 0 saturated heterocycles. The number of rotatable bonds is 7. The van der Waals surface area contributed by atoms with Crippen LogP contribution in [0.25, 0.3) is 11.1 Å². The maximum Gasteiger partial charge on any atom is 0.296 e. The monoisotopic (exact) mass is 486 g/mol. The van der Waals surface area contributed by atoms with Crippen LogP contribution < -0.4 is 14.8 Å². The van der Waals surface area contributed by atoms with Crippen LogP contribution in [0.15, 0.2) is 60.9 Å². The SMILES string of the molecule is COc1cccc(Cl)c1-c1cnccc1C(=O)Nc1nnc(OCc2ccc(Cl)cc2)s1. The number of aromatic nitrogens is 3. The normalized spacial score (nSPS) is 10.6. The Kier molecular flexibility index (Phi) is 6.84. The van der Waals surface area contributed by atoms with E-state index in [1.165, 1.54) is 13.3 Å². The van der Waals surface area contributed by atoms with Crippen LogP contribution in [0.4, 0.5) is 5.13 Å². The van der Waals surface area contributed by atoms with E-state index in [-0.39, 0.29) is 5.91 Å². The lowest BCUT2D eigenvalue weighted by Crippen LogP contribution is -2.13. The molecule has 0 radical (unpaired) electrons. The molecule has 2 aromatic heterocycles. The van der Waals surface area contributed by atoms with Crippen molar-refractivity contribution in [1.82, 2.24) is 15.2 Å². The second-order valence-corrected chi connectivity index (χ2v) is 8.26. The molecule has 4 rings (SSSR count). The maximum absolute atomic E-state index is 13.0. The Morgan fingerprint density at radius 1 is 1.09 bits per heavy atom. The van der Waals surface area contributed by atoms with E-state index in [0.717, 1.165) is 16.9 Å². The molecular formula is C22H16Cl2N4O3S. The number of carbonyl (C=O) groups is 1. The summed E-state index contributed by atoms with van der Waals surface area (Å²) in [4.78, 5) is 17.1. The van der Waals surface area contributed by atoms with Crippen molar-refractivity contribution in [2.24, 2.45) is 0 Å². The fourth-order valence-corrected chi connectivity index (χ4v) is 3.92. The second kappa shape index (κ2) is 9.95. The van der Waals surface area contributed by atoms with E-state index in [9.17, 15) is 4.79 Å². The minimum atomic E-state index is -0.384. The molecule has 2 heterocycles. The number of nitrogens with one attached hydrogen (secondary N) is 1. The summed E-state index contributed by atoms with van der Waals surface area (Å²) < 4.78 is 11.1. The quantitative estimate of drug-likeness (QED) is 0.358. The van der Waals surface area contributed by atoms with Gasteiger partial charge in [-0.3, -0.25) is 15.1 Å². The molecule has 0 aliphatic carbocycles. The zero-order valence-corrected chi connectivity index (χ0v) is 19.0. The fraction of sp³-hybridized carbons (Fsp3) is 0.0909. The lowest BCUT2D eigenvalue weighted by atomic mass is 10.0. The van der Waals surface area contributed by atoms with E-state index >= 15 is 0 Å². The van der Waals surface area contributed by atoms with Gasteiger partial charge < -0.3 is 9.47 Å². The number of halogens is 2. The van der Waals surface area contributed by atoms with Gasteiger partial charge in [0.25, 0.3) is 11.1 Å². The molecule has 7 nitrogen and oxygen atoms in total. The highest BCUT2D eigenvalue weighted by atomic mass is 35.5. The van der Waals surface area contributed by atoms with Gasteiger partial charge in [-0.1, -0.05) is 46.5 Å². The lowest BCUT2D eigenvalue weighted by Gasteiger charge is -2.13. The van der Waals surface area contributed by atoms with Gasteiger partial charge in [-0.2, -0.15) is 0 Å².